The molecule has 36 heavy (non-hydrogen) atoms. The lowest BCUT2D eigenvalue weighted by molar-refractivity contribution is -0.130. The van der Waals surface area contributed by atoms with Gasteiger partial charge in [-0.1, -0.05) is 90.5 Å². The maximum absolute atomic E-state index is 14.9. The summed E-state index contributed by atoms with van der Waals surface area (Å²) in [5.41, 5.74) is 2.52. The van der Waals surface area contributed by atoms with Crippen LogP contribution < -0.4 is 4.31 Å². The van der Waals surface area contributed by atoms with Gasteiger partial charge in [-0.15, -0.1) is 0 Å². The van der Waals surface area contributed by atoms with Crippen molar-refractivity contribution < 1.29 is 17.6 Å². The Labute approximate surface area is 211 Å². The first-order valence-electron chi connectivity index (χ1n) is 11.5. The van der Waals surface area contributed by atoms with Crippen LogP contribution in [0.5, 0.6) is 0 Å². The molecule has 0 heterocycles. The fourth-order valence-electron chi connectivity index (χ4n) is 3.85. The summed E-state index contributed by atoms with van der Waals surface area (Å²) in [7, 11) is -4.22. The second kappa shape index (κ2) is 11.2. The number of carbonyl (C=O) groups excluding carboxylic acids is 1. The molecule has 7 heteroatoms. The maximum Gasteiger partial charge on any atom is 0.264 e. The summed E-state index contributed by atoms with van der Waals surface area (Å²) in [6.07, 6.45) is 0. The predicted octanol–water partition coefficient (Wildman–Crippen LogP) is 5.56. The van der Waals surface area contributed by atoms with Crippen molar-refractivity contribution in [2.45, 2.75) is 24.9 Å². The van der Waals surface area contributed by atoms with Crippen molar-refractivity contribution >= 4 is 21.6 Å². The summed E-state index contributed by atoms with van der Waals surface area (Å²) in [5, 5.41) is 0. The molecule has 0 aliphatic heterocycles. The minimum atomic E-state index is -4.22. The highest BCUT2D eigenvalue weighted by Gasteiger charge is 2.30. The van der Waals surface area contributed by atoms with E-state index in [2.05, 4.69) is 0 Å². The molecule has 4 aromatic carbocycles. The van der Waals surface area contributed by atoms with Crippen LogP contribution in [0.3, 0.4) is 0 Å². The summed E-state index contributed by atoms with van der Waals surface area (Å²) in [5.74, 6) is -1.17. The third kappa shape index (κ3) is 5.98. The lowest BCUT2D eigenvalue weighted by Crippen LogP contribution is -2.43. The number of amides is 1. The van der Waals surface area contributed by atoms with E-state index in [-0.39, 0.29) is 23.7 Å². The van der Waals surface area contributed by atoms with Crippen LogP contribution in [0.4, 0.5) is 10.1 Å². The second-order valence-corrected chi connectivity index (χ2v) is 10.4. The number of sulfonamides is 1. The van der Waals surface area contributed by atoms with Crippen LogP contribution >= 0.6 is 0 Å². The number of rotatable bonds is 9. The van der Waals surface area contributed by atoms with E-state index in [0.29, 0.717) is 0 Å². The van der Waals surface area contributed by atoms with E-state index < -0.39 is 28.3 Å². The summed E-state index contributed by atoms with van der Waals surface area (Å²) in [4.78, 5) is 15.3. The van der Waals surface area contributed by atoms with Crippen molar-refractivity contribution in [3.05, 3.63) is 132 Å². The zero-order valence-corrected chi connectivity index (χ0v) is 20.7. The highest BCUT2D eigenvalue weighted by Crippen LogP contribution is 2.27. The normalized spacial score (nSPS) is 11.2. The Hall–Kier alpha value is -3.97. The Balaban J connectivity index is 1.71. The lowest BCUT2D eigenvalue weighted by atomic mass is 10.1. The van der Waals surface area contributed by atoms with Crippen molar-refractivity contribution in [2.75, 3.05) is 10.8 Å². The Morgan fingerprint density at radius 1 is 0.722 bits per heavy atom. The highest BCUT2D eigenvalue weighted by molar-refractivity contribution is 7.92. The number of aryl methyl sites for hydroxylation is 1. The largest absolute Gasteiger partial charge is 0.332 e. The van der Waals surface area contributed by atoms with E-state index in [1.165, 1.54) is 30.3 Å². The molecule has 5 nitrogen and oxygen atoms in total. The maximum atomic E-state index is 14.9. The van der Waals surface area contributed by atoms with Crippen LogP contribution in [0, 0.1) is 12.7 Å². The quantitative estimate of drug-likeness (QED) is 0.301. The lowest BCUT2D eigenvalue weighted by Gasteiger charge is -2.29. The summed E-state index contributed by atoms with van der Waals surface area (Å²) in [6.45, 7) is 1.87. The van der Waals surface area contributed by atoms with Crippen molar-refractivity contribution in [1.29, 1.82) is 0 Å². The van der Waals surface area contributed by atoms with E-state index in [0.717, 1.165) is 21.0 Å². The molecular weight excluding hydrogens is 475 g/mol. The molecule has 0 N–H and O–H groups in total. The van der Waals surface area contributed by atoms with Crippen LogP contribution in [0.2, 0.25) is 0 Å². The highest BCUT2D eigenvalue weighted by atomic mass is 32.2. The van der Waals surface area contributed by atoms with Gasteiger partial charge < -0.3 is 4.90 Å². The van der Waals surface area contributed by atoms with Gasteiger partial charge in [0.15, 0.2) is 0 Å². The minimum Gasteiger partial charge on any atom is -0.332 e. The molecule has 0 unspecified atom stereocenters. The number of anilines is 1. The van der Waals surface area contributed by atoms with Crippen molar-refractivity contribution in [3.63, 3.8) is 0 Å². The van der Waals surface area contributed by atoms with Gasteiger partial charge in [0.1, 0.15) is 12.4 Å². The van der Waals surface area contributed by atoms with Crippen LogP contribution in [0.1, 0.15) is 16.7 Å². The topological polar surface area (TPSA) is 57.7 Å². The van der Waals surface area contributed by atoms with E-state index in [1.807, 2.05) is 67.6 Å². The van der Waals surface area contributed by atoms with Crippen LogP contribution in [0.15, 0.2) is 114 Å². The molecular formula is C29H27FN2O3S. The molecule has 0 saturated carbocycles. The second-order valence-electron chi connectivity index (χ2n) is 8.50. The zero-order valence-electron chi connectivity index (χ0n) is 19.9. The average Bonchev–Trinajstić information content (AvgIpc) is 2.89. The first-order valence-corrected chi connectivity index (χ1v) is 13.0. The molecule has 0 radical (unpaired) electrons. The van der Waals surface area contributed by atoms with Gasteiger partial charge >= 0.3 is 0 Å². The number of benzene rings is 4. The van der Waals surface area contributed by atoms with Crippen molar-refractivity contribution in [3.8, 4) is 0 Å². The van der Waals surface area contributed by atoms with Gasteiger partial charge in [-0.2, -0.15) is 0 Å². The van der Waals surface area contributed by atoms with E-state index in [4.69, 9.17) is 0 Å². The number of halogens is 1. The molecule has 0 atom stereocenters. The fraction of sp³-hybridized carbons (Fsp3) is 0.138. The van der Waals surface area contributed by atoms with Gasteiger partial charge in [0.25, 0.3) is 10.0 Å². The molecule has 4 aromatic rings. The summed E-state index contributed by atoms with van der Waals surface area (Å²) < 4.78 is 43.0. The Kier molecular flexibility index (Phi) is 7.80. The third-order valence-corrected chi connectivity index (χ3v) is 7.57. The molecule has 0 fully saturated rings. The number of hydrogen-bond acceptors (Lipinski definition) is 3. The van der Waals surface area contributed by atoms with E-state index in [9.17, 15) is 17.6 Å². The average molecular weight is 503 g/mol. The predicted molar refractivity (Wildman–Crippen MR) is 139 cm³/mol. The van der Waals surface area contributed by atoms with Gasteiger partial charge in [0.2, 0.25) is 5.91 Å². The van der Waals surface area contributed by atoms with E-state index >= 15 is 0 Å². The first-order chi connectivity index (χ1) is 17.3. The number of carbonyl (C=O) groups is 1. The molecule has 1 amide bonds. The number of para-hydroxylation sites is 1. The van der Waals surface area contributed by atoms with Gasteiger partial charge in [-0.3, -0.25) is 9.10 Å². The molecule has 0 aliphatic carbocycles. The Bertz CT molecular complexity index is 1370. The van der Waals surface area contributed by atoms with Gasteiger partial charge in [-0.05, 0) is 42.3 Å². The molecule has 4 rings (SSSR count). The third-order valence-electron chi connectivity index (χ3n) is 5.79. The van der Waals surface area contributed by atoms with Crippen LogP contribution in [-0.2, 0) is 27.9 Å². The smallest absolute Gasteiger partial charge is 0.264 e. The van der Waals surface area contributed by atoms with E-state index in [1.54, 1.807) is 23.1 Å². The van der Waals surface area contributed by atoms with Crippen LogP contribution in [-0.4, -0.2) is 25.8 Å². The van der Waals surface area contributed by atoms with Gasteiger partial charge in [0.05, 0.1) is 10.6 Å². The van der Waals surface area contributed by atoms with Crippen molar-refractivity contribution in [2.24, 2.45) is 0 Å². The SMILES string of the molecule is Cc1ccc(S(=O)(=O)N(CC(=O)N(Cc2ccccc2)Cc2ccccc2)c2ccccc2F)cc1. The monoisotopic (exact) mass is 502 g/mol. The minimum absolute atomic E-state index is 0.0122. The molecule has 0 saturated heterocycles. The first kappa shape index (κ1) is 25.1. The van der Waals surface area contributed by atoms with Crippen LogP contribution in [0.25, 0.3) is 0 Å². The molecule has 184 valence electrons. The summed E-state index contributed by atoms with van der Waals surface area (Å²) in [6, 6.07) is 30.8. The summed E-state index contributed by atoms with van der Waals surface area (Å²) >= 11 is 0. The Morgan fingerprint density at radius 2 is 1.22 bits per heavy atom. The number of nitrogens with zero attached hydrogens (tertiary/aromatic N) is 2. The van der Waals surface area contributed by atoms with Gasteiger partial charge in [0, 0.05) is 13.1 Å². The molecule has 0 spiro atoms. The van der Waals surface area contributed by atoms with Crippen molar-refractivity contribution in [1.82, 2.24) is 4.90 Å². The standard InChI is InChI=1S/C29H27FN2O3S/c1-23-16-18-26(19-17-23)36(34,35)32(28-15-9-8-14-27(28)30)22-29(33)31(20-24-10-4-2-5-11-24)21-25-12-6-3-7-13-25/h2-19H,20-22H2,1H3. The zero-order chi connectivity index (χ0) is 25.5. The molecule has 0 aliphatic rings. The number of hydrogen-bond donors (Lipinski definition) is 0. The fourth-order valence-corrected chi connectivity index (χ4v) is 5.28. The molecule has 0 bridgehead atoms. The molecule has 0 aromatic heterocycles. The Morgan fingerprint density at radius 3 is 1.75 bits per heavy atom. The van der Waals surface area contributed by atoms with Gasteiger partial charge in [-0.25, -0.2) is 12.8 Å².